The molecule has 0 aliphatic carbocycles. The number of nitrogens with zero attached hydrogens (tertiary/aromatic N) is 3. The van der Waals surface area contributed by atoms with Gasteiger partial charge in [0.2, 0.25) is 5.91 Å². The lowest BCUT2D eigenvalue weighted by atomic mass is 9.79. The van der Waals surface area contributed by atoms with Crippen molar-refractivity contribution in [2.45, 2.75) is 64.1 Å². The van der Waals surface area contributed by atoms with Gasteiger partial charge in [-0.3, -0.25) is 4.79 Å². The zero-order valence-corrected chi connectivity index (χ0v) is 17.7. The van der Waals surface area contributed by atoms with Gasteiger partial charge < -0.3 is 20.6 Å². The first-order valence-electron chi connectivity index (χ1n) is 10.1. The van der Waals surface area contributed by atoms with Crippen LogP contribution in [0, 0.1) is 0 Å². The number of aromatic hydroxyl groups is 1. The second-order valence-corrected chi connectivity index (χ2v) is 9.59. The molecule has 1 amide bonds. The number of phenols is 1. The molecule has 0 atom stereocenters. The quantitative estimate of drug-likeness (QED) is 0.740. The number of anilines is 2. The molecule has 0 radical (unpaired) electrons. The molecule has 0 bridgehead atoms. The zero-order valence-electron chi connectivity index (χ0n) is 17.7. The van der Waals surface area contributed by atoms with E-state index in [2.05, 4.69) is 60.5 Å². The minimum atomic E-state index is -0.0626. The van der Waals surface area contributed by atoms with Gasteiger partial charge in [-0.2, -0.15) is 0 Å². The van der Waals surface area contributed by atoms with E-state index in [1.807, 2.05) is 18.2 Å². The van der Waals surface area contributed by atoms with E-state index < -0.39 is 0 Å². The van der Waals surface area contributed by atoms with E-state index in [0.29, 0.717) is 29.4 Å². The molecule has 29 heavy (non-hydrogen) atoms. The Labute approximate surface area is 171 Å². The highest BCUT2D eigenvalue weighted by molar-refractivity contribution is 6.00. The van der Waals surface area contributed by atoms with Crippen LogP contribution in [0.25, 0.3) is 11.3 Å². The van der Waals surface area contributed by atoms with Gasteiger partial charge >= 0.3 is 0 Å². The molecule has 2 aromatic rings. The fourth-order valence-corrected chi connectivity index (χ4v) is 4.85. The largest absolute Gasteiger partial charge is 0.507 e. The lowest BCUT2D eigenvalue weighted by molar-refractivity contribution is -0.115. The molecule has 2 aliphatic rings. The van der Waals surface area contributed by atoms with Gasteiger partial charge in [0, 0.05) is 41.5 Å². The number of benzene rings is 1. The van der Waals surface area contributed by atoms with Crippen molar-refractivity contribution < 1.29 is 9.90 Å². The highest BCUT2D eigenvalue weighted by Crippen LogP contribution is 2.37. The first kappa shape index (κ1) is 19.6. The summed E-state index contributed by atoms with van der Waals surface area (Å²) in [5, 5.41) is 25.6. The first-order chi connectivity index (χ1) is 13.5. The lowest BCUT2D eigenvalue weighted by Gasteiger charge is -2.49. The van der Waals surface area contributed by atoms with Crippen LogP contribution < -0.4 is 15.5 Å². The number of hydrogen-bond donors (Lipinski definition) is 3. The van der Waals surface area contributed by atoms with Gasteiger partial charge in [0.15, 0.2) is 5.82 Å². The molecular formula is C22H29N5O2. The molecule has 7 nitrogen and oxygen atoms in total. The molecule has 3 N–H and O–H groups in total. The predicted molar refractivity (Wildman–Crippen MR) is 114 cm³/mol. The molecule has 1 saturated heterocycles. The first-order valence-corrected chi connectivity index (χ1v) is 10.1. The third-order valence-electron chi connectivity index (χ3n) is 5.85. The Morgan fingerprint density at radius 2 is 1.79 bits per heavy atom. The van der Waals surface area contributed by atoms with Crippen molar-refractivity contribution in [3.8, 4) is 17.0 Å². The molecule has 4 rings (SSSR count). The van der Waals surface area contributed by atoms with Crippen LogP contribution in [0.2, 0.25) is 0 Å². The van der Waals surface area contributed by atoms with Crippen LogP contribution in [-0.4, -0.2) is 45.4 Å². The fraction of sp³-hybridized carbons (Fsp3) is 0.500. The smallest absolute Gasteiger partial charge is 0.228 e. The summed E-state index contributed by atoms with van der Waals surface area (Å²) in [6.45, 7) is 8.94. The summed E-state index contributed by atoms with van der Waals surface area (Å²) in [4.78, 5) is 13.8. The Balaban J connectivity index is 1.57. The molecule has 7 heteroatoms. The molecule has 0 spiro atoms. The average Bonchev–Trinajstić information content (AvgIpc) is 2.97. The van der Waals surface area contributed by atoms with Crippen LogP contribution >= 0.6 is 0 Å². The number of hydrogen-bond acceptors (Lipinski definition) is 6. The standard InChI is InChI=1S/C22H29N5O2/c1-21(2)11-14(12-22(3,4)26-21)27(5)19-7-6-16(24-25-19)15-8-13-9-20(29)23-17(13)10-18(15)28/h6-8,10,14,26,28H,9,11-12H2,1-5H3,(H,23,29). The van der Waals surface area contributed by atoms with E-state index in [1.54, 1.807) is 6.07 Å². The van der Waals surface area contributed by atoms with E-state index in [4.69, 9.17) is 0 Å². The Morgan fingerprint density at radius 1 is 1.10 bits per heavy atom. The molecule has 154 valence electrons. The molecule has 3 heterocycles. The number of piperidine rings is 1. The minimum absolute atomic E-state index is 0.0513. The fourth-order valence-electron chi connectivity index (χ4n) is 4.85. The summed E-state index contributed by atoms with van der Waals surface area (Å²) in [6.07, 6.45) is 2.35. The number of carbonyl (C=O) groups excluding carboxylic acids is 1. The Hall–Kier alpha value is -2.67. The van der Waals surface area contributed by atoms with Crippen molar-refractivity contribution in [3.05, 3.63) is 29.8 Å². The number of amides is 1. The third kappa shape index (κ3) is 3.92. The van der Waals surface area contributed by atoms with E-state index in [0.717, 1.165) is 24.2 Å². The Kier molecular flexibility index (Phi) is 4.53. The van der Waals surface area contributed by atoms with Crippen LogP contribution in [0.5, 0.6) is 5.75 Å². The van der Waals surface area contributed by atoms with Crippen LogP contribution in [0.4, 0.5) is 11.5 Å². The topological polar surface area (TPSA) is 90.4 Å². The van der Waals surface area contributed by atoms with Crippen molar-refractivity contribution in [1.82, 2.24) is 15.5 Å². The number of carbonyl (C=O) groups is 1. The van der Waals surface area contributed by atoms with Crippen molar-refractivity contribution in [2.24, 2.45) is 0 Å². The van der Waals surface area contributed by atoms with Crippen LogP contribution in [0.3, 0.4) is 0 Å². The van der Waals surface area contributed by atoms with Crippen LogP contribution in [0.1, 0.15) is 46.1 Å². The summed E-state index contributed by atoms with van der Waals surface area (Å²) >= 11 is 0. The van der Waals surface area contributed by atoms with Gasteiger partial charge in [-0.05, 0) is 64.3 Å². The van der Waals surface area contributed by atoms with Crippen LogP contribution in [-0.2, 0) is 11.2 Å². The summed E-state index contributed by atoms with van der Waals surface area (Å²) < 4.78 is 0. The van der Waals surface area contributed by atoms with Gasteiger partial charge in [0.05, 0.1) is 12.1 Å². The maximum atomic E-state index is 11.6. The number of nitrogens with one attached hydrogen (secondary N) is 2. The van der Waals surface area contributed by atoms with Gasteiger partial charge in [-0.25, -0.2) is 0 Å². The summed E-state index contributed by atoms with van der Waals surface area (Å²) in [5.41, 5.74) is 2.81. The molecule has 1 aromatic carbocycles. The monoisotopic (exact) mass is 395 g/mol. The van der Waals surface area contributed by atoms with Crippen molar-refractivity contribution >= 4 is 17.4 Å². The Bertz CT molecular complexity index is 936. The maximum absolute atomic E-state index is 11.6. The summed E-state index contributed by atoms with van der Waals surface area (Å²) in [5.74, 6) is 0.834. The molecule has 0 saturated carbocycles. The molecule has 1 fully saturated rings. The van der Waals surface area contributed by atoms with E-state index in [9.17, 15) is 9.90 Å². The minimum Gasteiger partial charge on any atom is -0.507 e. The lowest BCUT2D eigenvalue weighted by Crippen LogP contribution is -2.62. The highest BCUT2D eigenvalue weighted by Gasteiger charge is 2.39. The number of phenolic OH excluding ortho intramolecular Hbond substituents is 1. The van der Waals surface area contributed by atoms with Gasteiger partial charge in [-0.15, -0.1) is 10.2 Å². The SMILES string of the molecule is CN(c1ccc(-c2cc3c(cc2O)NC(=O)C3)nn1)C1CC(C)(C)NC(C)(C)C1. The number of fused-ring (bicyclic) bond motifs is 1. The Morgan fingerprint density at radius 3 is 2.41 bits per heavy atom. The molecular weight excluding hydrogens is 366 g/mol. The average molecular weight is 396 g/mol. The van der Waals surface area contributed by atoms with E-state index in [1.165, 1.54) is 0 Å². The van der Waals surface area contributed by atoms with Crippen molar-refractivity contribution in [3.63, 3.8) is 0 Å². The normalized spacial score (nSPS) is 20.2. The molecule has 0 unspecified atom stereocenters. The number of rotatable bonds is 3. The molecule has 1 aromatic heterocycles. The van der Waals surface area contributed by atoms with Gasteiger partial charge in [0.1, 0.15) is 5.75 Å². The summed E-state index contributed by atoms with van der Waals surface area (Å²) in [6, 6.07) is 7.57. The van der Waals surface area contributed by atoms with Crippen molar-refractivity contribution in [1.29, 1.82) is 0 Å². The molecule has 2 aliphatic heterocycles. The van der Waals surface area contributed by atoms with Gasteiger partial charge in [-0.1, -0.05) is 0 Å². The van der Waals surface area contributed by atoms with E-state index in [-0.39, 0.29) is 22.7 Å². The zero-order chi connectivity index (χ0) is 21.0. The van der Waals surface area contributed by atoms with Crippen molar-refractivity contribution in [2.75, 3.05) is 17.3 Å². The number of aromatic nitrogens is 2. The highest BCUT2D eigenvalue weighted by atomic mass is 16.3. The second kappa shape index (κ2) is 6.69. The maximum Gasteiger partial charge on any atom is 0.228 e. The predicted octanol–water partition coefficient (Wildman–Crippen LogP) is 3.09. The van der Waals surface area contributed by atoms with Gasteiger partial charge in [0.25, 0.3) is 0 Å². The summed E-state index contributed by atoms with van der Waals surface area (Å²) in [7, 11) is 2.07. The van der Waals surface area contributed by atoms with Crippen LogP contribution in [0.15, 0.2) is 24.3 Å². The van der Waals surface area contributed by atoms with E-state index >= 15 is 0 Å². The third-order valence-corrected chi connectivity index (χ3v) is 5.85. The second-order valence-electron chi connectivity index (χ2n) is 9.59.